The monoisotopic (exact) mass is 807 g/mol. The predicted molar refractivity (Wildman–Crippen MR) is 243 cm³/mol. The number of hydrogen-bond acceptors (Lipinski definition) is 6. The van der Waals surface area contributed by atoms with Gasteiger partial charge in [-0.15, -0.1) is 0 Å². The lowest BCUT2D eigenvalue weighted by atomic mass is 10.0. The molecule has 0 aliphatic carbocycles. The minimum atomic E-state index is -0.760. The lowest BCUT2D eigenvalue weighted by Gasteiger charge is -2.18. The Bertz CT molecular complexity index is 857. The van der Waals surface area contributed by atoms with Gasteiger partial charge in [0.1, 0.15) is 13.2 Å². The SMILES string of the molecule is CCCCCCCCCCCCCCCCCCCCC(=O)O[C@@H](COC(=O)CCCCCCCCCCCCCC)COC(=O)CCCCCCCCC(C)C. The van der Waals surface area contributed by atoms with Crippen LogP contribution in [-0.2, 0) is 28.6 Å². The summed E-state index contributed by atoms with van der Waals surface area (Å²) in [5.74, 6) is -0.0883. The van der Waals surface area contributed by atoms with E-state index in [1.165, 1.54) is 180 Å². The highest BCUT2D eigenvalue weighted by atomic mass is 16.6. The van der Waals surface area contributed by atoms with Crippen molar-refractivity contribution < 1.29 is 28.6 Å². The Kier molecular flexibility index (Phi) is 44.2. The standard InChI is InChI=1S/C51H98O6/c1-5-7-9-11-13-15-17-19-20-21-22-23-24-26-28-30-36-40-44-51(54)57-48(46-56-50(53)43-39-35-32-31-33-37-41-47(3)4)45-55-49(52)42-38-34-29-27-25-18-16-14-12-10-8-6-2/h47-48H,5-46H2,1-4H3/t48-/m0/s1. The molecule has 0 unspecified atom stereocenters. The molecule has 0 aliphatic rings. The molecular formula is C51H98O6. The van der Waals surface area contributed by atoms with Gasteiger partial charge in [-0.3, -0.25) is 14.4 Å². The van der Waals surface area contributed by atoms with Crippen LogP contribution < -0.4 is 0 Å². The summed E-state index contributed by atoms with van der Waals surface area (Å²) >= 11 is 0. The van der Waals surface area contributed by atoms with Gasteiger partial charge in [0.25, 0.3) is 0 Å². The normalized spacial score (nSPS) is 11.9. The molecule has 0 saturated carbocycles. The lowest BCUT2D eigenvalue weighted by molar-refractivity contribution is -0.167. The molecule has 338 valence electrons. The maximum atomic E-state index is 12.8. The number of hydrogen-bond donors (Lipinski definition) is 0. The van der Waals surface area contributed by atoms with Crippen molar-refractivity contribution in [3.8, 4) is 0 Å². The third-order valence-corrected chi connectivity index (χ3v) is 11.5. The van der Waals surface area contributed by atoms with E-state index < -0.39 is 6.10 Å². The molecule has 0 bridgehead atoms. The van der Waals surface area contributed by atoms with Crippen LogP contribution >= 0.6 is 0 Å². The number of ether oxygens (including phenoxy) is 3. The first-order valence-electron chi connectivity index (χ1n) is 25.4. The van der Waals surface area contributed by atoms with Gasteiger partial charge in [0.05, 0.1) is 0 Å². The highest BCUT2D eigenvalue weighted by Gasteiger charge is 2.19. The summed E-state index contributed by atoms with van der Waals surface area (Å²) in [6.07, 6.45) is 46.7. The van der Waals surface area contributed by atoms with Crippen LogP contribution in [0.3, 0.4) is 0 Å². The second-order valence-electron chi connectivity index (χ2n) is 17.9. The molecule has 0 aromatic rings. The van der Waals surface area contributed by atoms with Crippen molar-refractivity contribution in [2.24, 2.45) is 5.92 Å². The first kappa shape index (κ1) is 55.4. The minimum Gasteiger partial charge on any atom is -0.462 e. The third-order valence-electron chi connectivity index (χ3n) is 11.5. The third kappa shape index (κ3) is 45.3. The molecule has 0 heterocycles. The average Bonchev–Trinajstić information content (AvgIpc) is 3.19. The summed E-state index contributed by atoms with van der Waals surface area (Å²) in [5.41, 5.74) is 0. The van der Waals surface area contributed by atoms with E-state index in [9.17, 15) is 14.4 Å². The first-order valence-corrected chi connectivity index (χ1v) is 25.4. The van der Waals surface area contributed by atoms with Crippen molar-refractivity contribution >= 4 is 17.9 Å². The second kappa shape index (κ2) is 45.5. The van der Waals surface area contributed by atoms with E-state index in [1.54, 1.807) is 0 Å². The smallest absolute Gasteiger partial charge is 0.306 e. The number of carbonyl (C=O) groups excluding carboxylic acids is 3. The fraction of sp³-hybridized carbons (Fsp3) is 0.941. The van der Waals surface area contributed by atoms with Gasteiger partial charge >= 0.3 is 17.9 Å². The quantitative estimate of drug-likeness (QED) is 0.0346. The fourth-order valence-corrected chi connectivity index (χ4v) is 7.69. The fourth-order valence-electron chi connectivity index (χ4n) is 7.69. The molecule has 0 rings (SSSR count). The molecule has 57 heavy (non-hydrogen) atoms. The Labute approximate surface area is 355 Å². The van der Waals surface area contributed by atoms with Crippen LogP contribution in [0.25, 0.3) is 0 Å². The van der Waals surface area contributed by atoms with Gasteiger partial charge in [0, 0.05) is 19.3 Å². The molecule has 0 aliphatic heterocycles. The summed E-state index contributed by atoms with van der Waals surface area (Å²) in [6.45, 7) is 8.95. The zero-order valence-electron chi connectivity index (χ0n) is 38.8. The van der Waals surface area contributed by atoms with Crippen LogP contribution in [0.5, 0.6) is 0 Å². The number of unbranched alkanes of at least 4 members (excludes halogenated alkanes) is 33. The summed E-state index contributed by atoms with van der Waals surface area (Å²) in [4.78, 5) is 37.8. The maximum absolute atomic E-state index is 12.8. The van der Waals surface area contributed by atoms with Crippen LogP contribution in [0.1, 0.15) is 285 Å². The highest BCUT2D eigenvalue weighted by Crippen LogP contribution is 2.17. The van der Waals surface area contributed by atoms with Crippen molar-refractivity contribution in [1.82, 2.24) is 0 Å². The highest BCUT2D eigenvalue weighted by molar-refractivity contribution is 5.71. The van der Waals surface area contributed by atoms with Crippen molar-refractivity contribution in [2.75, 3.05) is 13.2 Å². The van der Waals surface area contributed by atoms with Crippen LogP contribution in [0.15, 0.2) is 0 Å². The first-order chi connectivity index (χ1) is 27.9. The molecule has 1 atom stereocenters. The van der Waals surface area contributed by atoms with E-state index in [0.29, 0.717) is 19.3 Å². The second-order valence-corrected chi connectivity index (χ2v) is 17.9. The van der Waals surface area contributed by atoms with E-state index in [1.807, 2.05) is 0 Å². The molecule has 0 spiro atoms. The van der Waals surface area contributed by atoms with Crippen LogP contribution in [0.2, 0.25) is 0 Å². The molecule has 0 fully saturated rings. The van der Waals surface area contributed by atoms with Crippen molar-refractivity contribution in [1.29, 1.82) is 0 Å². The Balaban J connectivity index is 4.25. The van der Waals surface area contributed by atoms with Crippen LogP contribution in [0.4, 0.5) is 0 Å². The molecule has 6 nitrogen and oxygen atoms in total. The number of rotatable bonds is 46. The molecule has 0 N–H and O–H groups in total. The van der Waals surface area contributed by atoms with Gasteiger partial charge in [-0.05, 0) is 25.2 Å². The molecular weight excluding hydrogens is 709 g/mol. The van der Waals surface area contributed by atoms with Gasteiger partial charge < -0.3 is 14.2 Å². The Morgan fingerprint density at radius 3 is 0.860 bits per heavy atom. The number of esters is 3. The summed E-state index contributed by atoms with van der Waals surface area (Å²) < 4.78 is 16.8. The van der Waals surface area contributed by atoms with Crippen molar-refractivity contribution in [3.05, 3.63) is 0 Å². The van der Waals surface area contributed by atoms with E-state index in [0.717, 1.165) is 63.7 Å². The Morgan fingerprint density at radius 1 is 0.333 bits per heavy atom. The van der Waals surface area contributed by atoms with Gasteiger partial charge in [-0.2, -0.15) is 0 Å². The van der Waals surface area contributed by atoms with E-state index in [4.69, 9.17) is 14.2 Å². The minimum absolute atomic E-state index is 0.0639. The van der Waals surface area contributed by atoms with E-state index in [-0.39, 0.29) is 31.1 Å². The van der Waals surface area contributed by atoms with Gasteiger partial charge in [0.15, 0.2) is 6.10 Å². The zero-order chi connectivity index (χ0) is 41.7. The summed E-state index contributed by atoms with van der Waals surface area (Å²) in [7, 11) is 0. The predicted octanol–water partition coefficient (Wildman–Crippen LogP) is 16.3. The van der Waals surface area contributed by atoms with Gasteiger partial charge in [-0.1, -0.05) is 246 Å². The Morgan fingerprint density at radius 2 is 0.579 bits per heavy atom. The van der Waals surface area contributed by atoms with Crippen LogP contribution in [-0.4, -0.2) is 37.2 Å². The lowest BCUT2D eigenvalue weighted by Crippen LogP contribution is -2.30. The van der Waals surface area contributed by atoms with Crippen LogP contribution in [0, 0.1) is 5.92 Å². The molecule has 0 saturated heterocycles. The maximum Gasteiger partial charge on any atom is 0.306 e. The molecule has 0 aromatic heterocycles. The Hall–Kier alpha value is -1.59. The van der Waals surface area contributed by atoms with E-state index in [2.05, 4.69) is 27.7 Å². The summed E-state index contributed by atoms with van der Waals surface area (Å²) in [6, 6.07) is 0. The zero-order valence-corrected chi connectivity index (χ0v) is 38.8. The van der Waals surface area contributed by atoms with Gasteiger partial charge in [0.2, 0.25) is 0 Å². The molecule has 0 radical (unpaired) electrons. The topological polar surface area (TPSA) is 78.9 Å². The van der Waals surface area contributed by atoms with Crippen molar-refractivity contribution in [2.45, 2.75) is 291 Å². The molecule has 0 aromatic carbocycles. The largest absolute Gasteiger partial charge is 0.462 e. The molecule has 6 heteroatoms. The van der Waals surface area contributed by atoms with Crippen molar-refractivity contribution in [3.63, 3.8) is 0 Å². The van der Waals surface area contributed by atoms with Gasteiger partial charge in [-0.25, -0.2) is 0 Å². The molecule has 0 amide bonds. The number of carbonyl (C=O) groups is 3. The van der Waals surface area contributed by atoms with E-state index >= 15 is 0 Å². The summed E-state index contributed by atoms with van der Waals surface area (Å²) in [5, 5.41) is 0. The average molecular weight is 807 g/mol.